The van der Waals surface area contributed by atoms with Gasteiger partial charge in [0.05, 0.1) is 26.4 Å². The zero-order valence-electron chi connectivity index (χ0n) is 14.2. The number of carbonyl (C=O) groups excluding carboxylic acids is 1. The van der Waals surface area contributed by atoms with Gasteiger partial charge in [-0.15, -0.1) is 0 Å². The van der Waals surface area contributed by atoms with Gasteiger partial charge in [-0.3, -0.25) is 0 Å². The molecule has 6 atom stereocenters. The van der Waals surface area contributed by atoms with Gasteiger partial charge in [-0.05, 0) is 26.2 Å². The molecule has 0 aliphatic carbocycles. The van der Waals surface area contributed by atoms with Gasteiger partial charge >= 0.3 is 11.8 Å². The van der Waals surface area contributed by atoms with Crippen LogP contribution in [0.4, 0.5) is 4.39 Å². The Morgan fingerprint density at radius 1 is 1.29 bits per heavy atom. The van der Waals surface area contributed by atoms with Gasteiger partial charge in [-0.25, -0.2) is 9.18 Å². The second-order valence-electron chi connectivity index (χ2n) is 6.97. The van der Waals surface area contributed by atoms with Crippen molar-refractivity contribution in [2.24, 2.45) is 5.92 Å². The summed E-state index contributed by atoms with van der Waals surface area (Å²) in [6.45, 7) is 4.28. The lowest BCUT2D eigenvalue weighted by atomic mass is 9.81. The predicted molar refractivity (Wildman–Crippen MR) is 77.5 cm³/mol. The summed E-state index contributed by atoms with van der Waals surface area (Å²) >= 11 is 0. The van der Waals surface area contributed by atoms with E-state index in [1.54, 1.807) is 13.8 Å². The van der Waals surface area contributed by atoms with Gasteiger partial charge in [0.1, 0.15) is 11.7 Å². The summed E-state index contributed by atoms with van der Waals surface area (Å²) in [5.74, 6) is -6.13. The molecule has 2 fully saturated rings. The topological polar surface area (TPSA) is 115 Å². The molecule has 140 valence electrons. The molecule has 3 N–H and O–H groups in total. The average molecular weight is 352 g/mol. The Balaban J connectivity index is 2.30. The molecule has 2 heterocycles. The van der Waals surface area contributed by atoms with Gasteiger partial charge in [0.25, 0.3) is 0 Å². The van der Waals surface area contributed by atoms with Crippen molar-refractivity contribution in [2.45, 2.75) is 62.7 Å². The van der Waals surface area contributed by atoms with Crippen LogP contribution in [0.2, 0.25) is 0 Å². The highest BCUT2D eigenvalue weighted by Crippen LogP contribution is 2.38. The standard InChI is InChI=1S/C15H25FO8/c1-8-5-14(19,9-6-22-13(2,3)24-9)7-23-15(20,12(18)21-4)11(16)10(8)17/h8-11,17,19-20H,5-7H2,1-4H3. The van der Waals surface area contributed by atoms with Crippen LogP contribution >= 0.6 is 0 Å². The van der Waals surface area contributed by atoms with Crippen LogP contribution in [0.1, 0.15) is 27.2 Å². The van der Waals surface area contributed by atoms with E-state index in [9.17, 15) is 24.5 Å². The van der Waals surface area contributed by atoms with Crippen LogP contribution in [0.15, 0.2) is 0 Å². The number of rotatable bonds is 2. The molecule has 0 aromatic rings. The zero-order chi connectivity index (χ0) is 18.3. The third-order valence-electron chi connectivity index (χ3n) is 4.56. The highest BCUT2D eigenvalue weighted by atomic mass is 19.1. The number of carbonyl (C=O) groups is 1. The van der Waals surface area contributed by atoms with Gasteiger partial charge in [-0.2, -0.15) is 0 Å². The maximum atomic E-state index is 14.4. The number of hydrogen-bond donors (Lipinski definition) is 3. The molecule has 2 aliphatic heterocycles. The minimum Gasteiger partial charge on any atom is -0.465 e. The summed E-state index contributed by atoms with van der Waals surface area (Å²) < 4.78 is 34.9. The zero-order valence-corrected chi connectivity index (χ0v) is 14.2. The van der Waals surface area contributed by atoms with Crippen molar-refractivity contribution in [3.05, 3.63) is 0 Å². The predicted octanol–water partition coefficient (Wildman–Crippen LogP) is -0.514. The fraction of sp³-hybridized carbons (Fsp3) is 0.933. The van der Waals surface area contributed by atoms with Crippen LogP contribution < -0.4 is 0 Å². The highest BCUT2D eigenvalue weighted by Gasteiger charge is 2.58. The first-order chi connectivity index (χ1) is 10.9. The number of halogens is 1. The lowest BCUT2D eigenvalue weighted by Crippen LogP contribution is -2.62. The lowest BCUT2D eigenvalue weighted by Gasteiger charge is -2.43. The molecular formula is C15H25FO8. The first kappa shape index (κ1) is 19.5. The minimum absolute atomic E-state index is 0.0470. The van der Waals surface area contributed by atoms with E-state index in [0.29, 0.717) is 0 Å². The Morgan fingerprint density at radius 3 is 2.42 bits per heavy atom. The van der Waals surface area contributed by atoms with Crippen LogP contribution in [0.25, 0.3) is 0 Å². The van der Waals surface area contributed by atoms with Gasteiger partial charge in [0.2, 0.25) is 0 Å². The Morgan fingerprint density at radius 2 is 1.92 bits per heavy atom. The van der Waals surface area contributed by atoms with Crippen LogP contribution in [0.3, 0.4) is 0 Å². The number of aliphatic hydroxyl groups is 3. The maximum Gasteiger partial charge on any atom is 0.369 e. The van der Waals surface area contributed by atoms with E-state index in [2.05, 4.69) is 4.74 Å². The van der Waals surface area contributed by atoms with Crippen molar-refractivity contribution in [1.82, 2.24) is 0 Å². The molecule has 0 saturated carbocycles. The van der Waals surface area contributed by atoms with E-state index in [0.717, 1.165) is 7.11 Å². The van der Waals surface area contributed by atoms with Crippen molar-refractivity contribution in [2.75, 3.05) is 20.3 Å². The van der Waals surface area contributed by atoms with E-state index >= 15 is 0 Å². The number of methoxy groups -OCH3 is 1. The smallest absolute Gasteiger partial charge is 0.369 e. The summed E-state index contributed by atoms with van der Waals surface area (Å²) in [5.41, 5.74) is -1.70. The Labute approximate surface area is 139 Å². The second-order valence-corrected chi connectivity index (χ2v) is 6.97. The van der Waals surface area contributed by atoms with E-state index in [-0.39, 0.29) is 13.0 Å². The molecule has 8 nitrogen and oxygen atoms in total. The lowest BCUT2D eigenvalue weighted by molar-refractivity contribution is -0.295. The monoisotopic (exact) mass is 352 g/mol. The molecule has 9 heteroatoms. The maximum absolute atomic E-state index is 14.4. The van der Waals surface area contributed by atoms with E-state index < -0.39 is 54.0 Å². The number of hydrogen-bond acceptors (Lipinski definition) is 8. The van der Waals surface area contributed by atoms with Gasteiger partial charge in [0, 0.05) is 0 Å². The van der Waals surface area contributed by atoms with Crippen molar-refractivity contribution < 1.29 is 43.5 Å². The number of alkyl halides is 1. The van der Waals surface area contributed by atoms with Crippen molar-refractivity contribution in [3.63, 3.8) is 0 Å². The Hall–Kier alpha value is -0.840. The minimum atomic E-state index is -3.02. The van der Waals surface area contributed by atoms with Crippen molar-refractivity contribution in [3.8, 4) is 0 Å². The number of ether oxygens (including phenoxy) is 4. The van der Waals surface area contributed by atoms with Crippen LogP contribution in [-0.4, -0.2) is 77.2 Å². The van der Waals surface area contributed by atoms with E-state index in [1.165, 1.54) is 6.92 Å². The summed E-state index contributed by atoms with van der Waals surface area (Å²) in [4.78, 5) is 11.8. The first-order valence-electron chi connectivity index (χ1n) is 7.76. The molecule has 0 aromatic heterocycles. The molecule has 2 rings (SSSR count). The summed E-state index contributed by atoms with van der Waals surface area (Å²) in [7, 11) is 0.952. The average Bonchev–Trinajstić information content (AvgIpc) is 2.90. The molecule has 0 aromatic carbocycles. The second kappa shape index (κ2) is 6.47. The third-order valence-corrected chi connectivity index (χ3v) is 4.56. The Bertz CT molecular complexity index is 486. The Kier molecular flexibility index (Phi) is 5.25. The number of aliphatic hydroxyl groups excluding tert-OH is 1. The molecule has 0 spiro atoms. The molecule has 24 heavy (non-hydrogen) atoms. The molecule has 2 aliphatic rings. The fourth-order valence-corrected chi connectivity index (χ4v) is 3.07. The van der Waals surface area contributed by atoms with E-state index in [1.807, 2.05) is 0 Å². The molecule has 0 radical (unpaired) electrons. The highest BCUT2D eigenvalue weighted by molar-refractivity contribution is 5.78. The summed E-state index contributed by atoms with van der Waals surface area (Å²) in [6, 6.07) is 0. The fourth-order valence-electron chi connectivity index (χ4n) is 3.07. The third kappa shape index (κ3) is 3.42. The summed E-state index contributed by atoms with van der Waals surface area (Å²) in [5, 5.41) is 31.3. The van der Waals surface area contributed by atoms with E-state index in [4.69, 9.17) is 14.2 Å². The molecular weight excluding hydrogens is 327 g/mol. The first-order valence-corrected chi connectivity index (χ1v) is 7.76. The normalized spacial score (nSPS) is 46.2. The van der Waals surface area contributed by atoms with Crippen LogP contribution in [-0.2, 0) is 23.7 Å². The largest absolute Gasteiger partial charge is 0.465 e. The van der Waals surface area contributed by atoms with Crippen LogP contribution in [0, 0.1) is 5.92 Å². The van der Waals surface area contributed by atoms with Gasteiger partial charge in [-0.1, -0.05) is 6.92 Å². The van der Waals surface area contributed by atoms with Gasteiger partial charge < -0.3 is 34.3 Å². The molecule has 2 saturated heterocycles. The van der Waals surface area contributed by atoms with Gasteiger partial charge in [0.15, 0.2) is 12.0 Å². The summed E-state index contributed by atoms with van der Waals surface area (Å²) in [6.07, 6.45) is -5.09. The van der Waals surface area contributed by atoms with Crippen molar-refractivity contribution >= 4 is 5.97 Å². The van der Waals surface area contributed by atoms with Crippen LogP contribution in [0.5, 0.6) is 0 Å². The molecule has 6 unspecified atom stereocenters. The quantitative estimate of drug-likeness (QED) is 0.569. The molecule has 0 bridgehead atoms. The molecule has 0 amide bonds. The SMILES string of the molecule is COC(=O)C1(O)OCC(O)(C2COC(C)(C)O2)CC(C)C(O)C1F. The number of esters is 1. The van der Waals surface area contributed by atoms with Crippen molar-refractivity contribution in [1.29, 1.82) is 0 Å².